The Morgan fingerprint density at radius 2 is 1.76 bits per heavy atom. The number of nitrogens with zero attached hydrogens (tertiary/aromatic N) is 2. The number of fused-ring (bicyclic) bond motifs is 6. The number of carbonyl (C=O) groups excluding carboxylic acids is 1. The number of primary sulfonamides is 1. The van der Waals surface area contributed by atoms with E-state index in [2.05, 4.69) is 34.5 Å². The zero-order valence-electron chi connectivity index (χ0n) is 21.2. The van der Waals surface area contributed by atoms with Gasteiger partial charge in [0, 0.05) is 41.5 Å². The van der Waals surface area contributed by atoms with Crippen molar-refractivity contribution >= 4 is 50.4 Å². The Bertz CT molecular complexity index is 1540. The average Bonchev–Trinajstić information content (AvgIpc) is 3.57. The number of thiazole rings is 1. The Labute approximate surface area is 230 Å². The molecule has 2 saturated carbocycles. The first-order valence-electron chi connectivity index (χ1n) is 12.7. The maximum atomic E-state index is 13.3. The number of amides is 1. The first-order valence-corrected chi connectivity index (χ1v) is 15.9. The summed E-state index contributed by atoms with van der Waals surface area (Å²) in [6.45, 7) is -0.0909. The van der Waals surface area contributed by atoms with Crippen molar-refractivity contribution in [2.45, 2.75) is 46.9 Å². The van der Waals surface area contributed by atoms with Crippen LogP contribution in [0.4, 0.5) is 11.4 Å². The fraction of sp³-hybridized carbons (Fsp3) is 0.407. The minimum absolute atomic E-state index is 0.0277. The zero-order chi connectivity index (χ0) is 26.8. The van der Waals surface area contributed by atoms with Crippen LogP contribution in [0.25, 0.3) is 0 Å². The first-order chi connectivity index (χ1) is 18.1. The number of benzene rings is 2. The van der Waals surface area contributed by atoms with Crippen molar-refractivity contribution in [3.05, 3.63) is 68.6 Å². The highest BCUT2D eigenvalue weighted by Gasteiger charge is 2.55. The van der Waals surface area contributed by atoms with Gasteiger partial charge in [-0.1, -0.05) is 23.5 Å². The second-order valence-corrected chi connectivity index (χ2v) is 14.4. The molecule has 3 aromatic rings. The Hall–Kier alpha value is -2.60. The van der Waals surface area contributed by atoms with E-state index in [0.29, 0.717) is 28.7 Å². The molecule has 0 saturated heterocycles. The Kier molecular flexibility index (Phi) is 6.45. The molecule has 3 aliphatic rings. The fourth-order valence-electron chi connectivity index (χ4n) is 6.51. The summed E-state index contributed by atoms with van der Waals surface area (Å²) in [5.74, 6) is 1.67. The Morgan fingerprint density at radius 1 is 1.08 bits per heavy atom. The molecule has 2 heterocycles. The van der Waals surface area contributed by atoms with Gasteiger partial charge >= 0.3 is 4.87 Å². The van der Waals surface area contributed by atoms with Gasteiger partial charge in [0.2, 0.25) is 15.9 Å². The lowest BCUT2D eigenvalue weighted by Gasteiger charge is -2.40. The van der Waals surface area contributed by atoms with Gasteiger partial charge in [0.05, 0.1) is 9.92 Å². The molecule has 11 heteroatoms. The summed E-state index contributed by atoms with van der Waals surface area (Å²) in [6, 6.07) is 14.4. The predicted molar refractivity (Wildman–Crippen MR) is 152 cm³/mol. The van der Waals surface area contributed by atoms with E-state index in [4.69, 9.17) is 5.14 Å². The molecule has 0 radical (unpaired) electrons. The first kappa shape index (κ1) is 25.7. The Morgan fingerprint density at radius 3 is 2.42 bits per heavy atom. The van der Waals surface area contributed by atoms with E-state index >= 15 is 0 Å². The van der Waals surface area contributed by atoms with Crippen LogP contribution < -0.4 is 20.2 Å². The van der Waals surface area contributed by atoms with Gasteiger partial charge in [-0.25, -0.2) is 13.6 Å². The Balaban J connectivity index is 1.31. The molecule has 0 spiro atoms. The average molecular weight is 571 g/mol. The number of rotatable bonds is 6. The van der Waals surface area contributed by atoms with Gasteiger partial charge in [-0.3, -0.25) is 14.2 Å². The summed E-state index contributed by atoms with van der Waals surface area (Å²) in [6.07, 6.45) is 3.75. The molecule has 2 aromatic carbocycles. The van der Waals surface area contributed by atoms with Gasteiger partial charge < -0.3 is 10.2 Å². The van der Waals surface area contributed by atoms with Crippen LogP contribution in [-0.2, 0) is 21.4 Å². The lowest BCUT2D eigenvalue weighted by molar-refractivity contribution is -0.116. The van der Waals surface area contributed by atoms with E-state index < -0.39 is 10.0 Å². The summed E-state index contributed by atoms with van der Waals surface area (Å²) in [7, 11) is 0.246. The topological polar surface area (TPSA) is 114 Å². The van der Waals surface area contributed by atoms with Gasteiger partial charge in [0.15, 0.2) is 0 Å². The molecule has 200 valence electrons. The van der Waals surface area contributed by atoms with Crippen LogP contribution >= 0.6 is 23.1 Å². The number of hydrogen-bond acceptors (Lipinski definition) is 7. The summed E-state index contributed by atoms with van der Waals surface area (Å²) in [5, 5.41) is 9.32. The van der Waals surface area contributed by atoms with Crippen LogP contribution in [-0.4, -0.2) is 38.2 Å². The smallest absolute Gasteiger partial charge is 0.308 e. The maximum Gasteiger partial charge on any atom is 0.308 e. The number of thioether (sulfide) groups is 1. The van der Waals surface area contributed by atoms with Gasteiger partial charge in [0.25, 0.3) is 0 Å². The highest BCUT2D eigenvalue weighted by molar-refractivity contribution is 8.00. The van der Waals surface area contributed by atoms with Crippen molar-refractivity contribution < 1.29 is 13.2 Å². The summed E-state index contributed by atoms with van der Waals surface area (Å²) >= 11 is 3.08. The van der Waals surface area contributed by atoms with E-state index in [1.54, 1.807) is 16.3 Å². The highest BCUT2D eigenvalue weighted by atomic mass is 32.2. The monoisotopic (exact) mass is 570 g/mol. The van der Waals surface area contributed by atoms with E-state index in [9.17, 15) is 18.0 Å². The molecular formula is C27H30N4O4S3. The van der Waals surface area contributed by atoms with Crippen LogP contribution in [0.5, 0.6) is 0 Å². The molecule has 1 amide bonds. The van der Waals surface area contributed by atoms with Gasteiger partial charge in [0.1, 0.15) is 6.54 Å². The molecule has 1 aromatic heterocycles. The number of aromatic nitrogens is 1. The second-order valence-electron chi connectivity index (χ2n) is 10.7. The molecule has 2 aliphatic carbocycles. The predicted octanol–water partition coefficient (Wildman–Crippen LogP) is 3.91. The van der Waals surface area contributed by atoms with Gasteiger partial charge in [-0.05, 0) is 79.0 Å². The van der Waals surface area contributed by atoms with Crippen LogP contribution in [0.3, 0.4) is 0 Å². The van der Waals surface area contributed by atoms with Crippen LogP contribution in [0.15, 0.2) is 63.2 Å². The number of sulfonamides is 1. The summed E-state index contributed by atoms with van der Waals surface area (Å²) in [4.78, 5) is 29.3. The molecule has 38 heavy (non-hydrogen) atoms. The number of hydrogen-bond donors (Lipinski definition) is 2. The van der Waals surface area contributed by atoms with Crippen LogP contribution in [0.1, 0.15) is 35.6 Å². The normalized spacial score (nSPS) is 25.6. The van der Waals surface area contributed by atoms with E-state index in [-0.39, 0.29) is 28.1 Å². The van der Waals surface area contributed by atoms with Gasteiger partial charge in [-0.2, -0.15) is 0 Å². The van der Waals surface area contributed by atoms with Crippen LogP contribution in [0, 0.1) is 17.8 Å². The molecule has 3 N–H and O–H groups in total. The summed E-state index contributed by atoms with van der Waals surface area (Å²) < 4.78 is 24.6. The van der Waals surface area contributed by atoms with Crippen molar-refractivity contribution in [1.29, 1.82) is 0 Å². The number of nitrogens with one attached hydrogen (secondary N) is 1. The third kappa shape index (κ3) is 4.49. The lowest BCUT2D eigenvalue weighted by atomic mass is 9.75. The van der Waals surface area contributed by atoms with E-state index in [0.717, 1.165) is 15.6 Å². The van der Waals surface area contributed by atoms with Crippen molar-refractivity contribution in [2.24, 2.45) is 22.9 Å². The molecule has 2 fully saturated rings. The molecule has 6 rings (SSSR count). The second kappa shape index (κ2) is 9.55. The third-order valence-electron chi connectivity index (χ3n) is 8.23. The zero-order valence-corrected chi connectivity index (χ0v) is 23.6. The number of nitrogens with two attached hydrogens (primary N) is 1. The van der Waals surface area contributed by atoms with Gasteiger partial charge in [-0.15, -0.1) is 11.8 Å². The third-order valence-corrected chi connectivity index (χ3v) is 12.0. The standard InChI is InChI=1S/C27H30N4O4S3/c1-30(2)19-9-5-15(6-10-19)22-23-16-3-4-17(13-16)24(23)36-26-25(22)37-27(33)31(26)14-21(32)29-18-7-11-20(12-8-18)38(28,34)35/h5-12,16-17,22-24H,3-4,13-14H2,1-2H3,(H,29,32)(H2,28,34,35)/t16-,17-,22-,23-,24+/m0/s1. The van der Waals surface area contributed by atoms with Crippen molar-refractivity contribution in [1.82, 2.24) is 4.57 Å². The maximum absolute atomic E-state index is 13.3. The molecule has 0 unspecified atom stereocenters. The summed E-state index contributed by atoms with van der Waals surface area (Å²) in [5.41, 5.74) is 2.83. The number of anilines is 2. The van der Waals surface area contributed by atoms with Crippen molar-refractivity contribution in [2.75, 3.05) is 24.3 Å². The largest absolute Gasteiger partial charge is 0.378 e. The fourth-order valence-corrected chi connectivity index (χ4v) is 10.2. The lowest BCUT2D eigenvalue weighted by Crippen LogP contribution is -2.34. The highest BCUT2D eigenvalue weighted by Crippen LogP contribution is 2.64. The molecule has 1 aliphatic heterocycles. The minimum atomic E-state index is -3.81. The SMILES string of the molecule is CN(C)c1ccc([C@@H]2c3sc(=O)n(CC(=O)Nc4ccc(S(N)(=O)=O)cc4)c3S[C@@H]3[C@H]4CC[C@@H](C4)[C@@H]23)cc1. The van der Waals surface area contributed by atoms with Crippen LogP contribution in [0.2, 0.25) is 0 Å². The van der Waals surface area contributed by atoms with Crippen molar-refractivity contribution in [3.8, 4) is 0 Å². The number of carbonyl (C=O) groups is 1. The van der Waals surface area contributed by atoms with E-state index in [1.165, 1.54) is 60.4 Å². The minimum Gasteiger partial charge on any atom is -0.378 e. The quantitative estimate of drug-likeness (QED) is 0.465. The van der Waals surface area contributed by atoms with E-state index in [1.807, 2.05) is 14.1 Å². The molecule has 5 atom stereocenters. The molecular weight excluding hydrogens is 541 g/mol. The molecule has 2 bridgehead atoms. The van der Waals surface area contributed by atoms with Crippen molar-refractivity contribution in [3.63, 3.8) is 0 Å². The molecule has 8 nitrogen and oxygen atoms in total.